The second kappa shape index (κ2) is 7.57. The van der Waals surface area contributed by atoms with Crippen LogP contribution in [0.25, 0.3) is 5.52 Å². The van der Waals surface area contributed by atoms with Gasteiger partial charge in [0.15, 0.2) is 11.5 Å². The maximum absolute atomic E-state index is 12.0. The van der Waals surface area contributed by atoms with Crippen molar-refractivity contribution in [3.63, 3.8) is 0 Å². The Labute approximate surface area is 145 Å². The van der Waals surface area contributed by atoms with E-state index in [-0.39, 0.29) is 6.03 Å². The number of ether oxygens (including phenoxy) is 2. The van der Waals surface area contributed by atoms with E-state index in [1.54, 1.807) is 18.7 Å². The highest BCUT2D eigenvalue weighted by molar-refractivity contribution is 5.73. The molecule has 0 aliphatic heterocycles. The number of hydrogen-bond donors (Lipinski definition) is 2. The van der Waals surface area contributed by atoms with Crippen LogP contribution in [0, 0.1) is 0 Å². The number of amides is 2. The lowest BCUT2D eigenvalue weighted by Crippen LogP contribution is -2.34. The van der Waals surface area contributed by atoms with Crippen molar-refractivity contribution in [2.75, 3.05) is 14.2 Å². The van der Waals surface area contributed by atoms with Gasteiger partial charge in [0.25, 0.3) is 0 Å². The minimum absolute atomic E-state index is 0.258. The van der Waals surface area contributed by atoms with Crippen molar-refractivity contribution in [3.8, 4) is 11.5 Å². The number of pyridine rings is 1. The Kier molecular flexibility index (Phi) is 5.03. The van der Waals surface area contributed by atoms with Crippen molar-refractivity contribution >= 4 is 11.5 Å². The van der Waals surface area contributed by atoms with Gasteiger partial charge in [0.1, 0.15) is 0 Å². The molecular weight excluding hydrogens is 320 g/mol. The van der Waals surface area contributed by atoms with E-state index < -0.39 is 0 Å². The molecule has 0 aliphatic rings. The van der Waals surface area contributed by atoms with E-state index in [9.17, 15) is 4.79 Å². The van der Waals surface area contributed by atoms with Gasteiger partial charge in [-0.3, -0.25) is 0 Å². The largest absolute Gasteiger partial charge is 0.493 e. The summed E-state index contributed by atoms with van der Waals surface area (Å²) in [4.78, 5) is 12.0. The molecule has 0 atom stereocenters. The summed E-state index contributed by atoms with van der Waals surface area (Å²) < 4.78 is 12.2. The van der Waals surface area contributed by atoms with Crippen LogP contribution in [0.15, 0.2) is 48.7 Å². The Morgan fingerprint density at radius 1 is 1.04 bits per heavy atom. The lowest BCUT2D eigenvalue weighted by Gasteiger charge is -2.10. The highest BCUT2D eigenvalue weighted by atomic mass is 16.5. The molecule has 0 spiro atoms. The topological polar surface area (TPSA) is 76.9 Å². The number of carbonyl (C=O) groups excluding carboxylic acids is 1. The Hall–Kier alpha value is -3.22. The molecule has 7 nitrogen and oxygen atoms in total. The van der Waals surface area contributed by atoms with Gasteiger partial charge in [-0.1, -0.05) is 12.1 Å². The predicted octanol–water partition coefficient (Wildman–Crippen LogP) is 2.35. The Balaban J connectivity index is 1.52. The summed E-state index contributed by atoms with van der Waals surface area (Å²) in [7, 11) is 3.17. The van der Waals surface area contributed by atoms with Crippen LogP contribution in [0.1, 0.15) is 11.3 Å². The van der Waals surface area contributed by atoms with Gasteiger partial charge >= 0.3 is 6.03 Å². The lowest BCUT2D eigenvalue weighted by molar-refractivity contribution is 0.240. The average molecular weight is 340 g/mol. The van der Waals surface area contributed by atoms with Crippen LogP contribution >= 0.6 is 0 Å². The molecule has 2 N–H and O–H groups in total. The second-order valence-corrected chi connectivity index (χ2v) is 5.43. The molecule has 2 aromatic heterocycles. The first kappa shape index (κ1) is 16.6. The van der Waals surface area contributed by atoms with E-state index in [1.165, 1.54) is 0 Å². The van der Waals surface area contributed by atoms with Crippen LogP contribution in [0.2, 0.25) is 0 Å². The van der Waals surface area contributed by atoms with Crippen LogP contribution < -0.4 is 20.1 Å². The summed E-state index contributed by atoms with van der Waals surface area (Å²) in [6.45, 7) is 0.747. The average Bonchev–Trinajstić information content (AvgIpc) is 3.07. The summed E-state index contributed by atoms with van der Waals surface area (Å²) in [6.07, 6.45) is 1.87. The van der Waals surface area contributed by atoms with Crippen LogP contribution in [-0.4, -0.2) is 29.9 Å². The standard InChI is InChI=1S/C18H20N4O3/c1-24-16-7-6-13(9-17(16)25-2)11-19-18(23)20-12-14-10-15-5-3-4-8-22(15)21-14/h3-10H,11-12H2,1-2H3,(H2,19,20,23). The number of aromatic nitrogens is 2. The molecule has 2 heterocycles. The first-order valence-electron chi connectivity index (χ1n) is 7.85. The molecule has 0 radical (unpaired) electrons. The third-order valence-corrected chi connectivity index (χ3v) is 3.75. The first-order valence-corrected chi connectivity index (χ1v) is 7.85. The van der Waals surface area contributed by atoms with E-state index in [1.807, 2.05) is 48.7 Å². The van der Waals surface area contributed by atoms with Gasteiger partial charge in [0.05, 0.1) is 32.0 Å². The van der Waals surface area contributed by atoms with Crippen molar-refractivity contribution in [2.24, 2.45) is 0 Å². The summed E-state index contributed by atoms with van der Waals surface area (Å²) >= 11 is 0. The molecule has 130 valence electrons. The number of benzene rings is 1. The second-order valence-electron chi connectivity index (χ2n) is 5.43. The molecule has 0 bridgehead atoms. The summed E-state index contributed by atoms with van der Waals surface area (Å²) in [6, 6.07) is 13.0. The van der Waals surface area contributed by atoms with E-state index in [4.69, 9.17) is 9.47 Å². The third kappa shape index (κ3) is 4.00. The quantitative estimate of drug-likeness (QED) is 0.722. The molecule has 0 aliphatic carbocycles. The molecular formula is C18H20N4O3. The van der Waals surface area contributed by atoms with Crippen LogP contribution in [0.4, 0.5) is 4.79 Å². The van der Waals surface area contributed by atoms with Gasteiger partial charge in [-0.05, 0) is 35.9 Å². The Morgan fingerprint density at radius 3 is 2.60 bits per heavy atom. The van der Waals surface area contributed by atoms with Gasteiger partial charge in [0.2, 0.25) is 0 Å². The van der Waals surface area contributed by atoms with E-state index >= 15 is 0 Å². The Bertz CT molecular complexity index is 843. The van der Waals surface area contributed by atoms with Gasteiger partial charge in [0, 0.05) is 12.7 Å². The van der Waals surface area contributed by atoms with Gasteiger partial charge in [-0.15, -0.1) is 0 Å². The number of rotatable bonds is 6. The van der Waals surface area contributed by atoms with Gasteiger partial charge in [-0.2, -0.15) is 5.10 Å². The summed E-state index contributed by atoms with van der Waals surface area (Å²) in [5.74, 6) is 1.29. The molecule has 3 aromatic rings. The lowest BCUT2D eigenvalue weighted by atomic mass is 10.2. The fourth-order valence-electron chi connectivity index (χ4n) is 2.48. The maximum Gasteiger partial charge on any atom is 0.315 e. The predicted molar refractivity (Wildman–Crippen MR) is 93.8 cm³/mol. The zero-order valence-corrected chi connectivity index (χ0v) is 14.2. The fourth-order valence-corrected chi connectivity index (χ4v) is 2.48. The van der Waals surface area contributed by atoms with E-state index in [0.29, 0.717) is 24.6 Å². The summed E-state index contributed by atoms with van der Waals surface area (Å²) in [5.41, 5.74) is 2.71. The van der Waals surface area contributed by atoms with Crippen molar-refractivity contribution in [1.29, 1.82) is 0 Å². The van der Waals surface area contributed by atoms with Crippen molar-refractivity contribution in [3.05, 3.63) is 59.9 Å². The number of nitrogens with one attached hydrogen (secondary N) is 2. The normalized spacial score (nSPS) is 10.5. The smallest absolute Gasteiger partial charge is 0.315 e. The van der Waals surface area contributed by atoms with Crippen LogP contribution in [0.5, 0.6) is 11.5 Å². The molecule has 0 unspecified atom stereocenters. The molecule has 3 rings (SSSR count). The van der Waals surface area contributed by atoms with Crippen LogP contribution in [0.3, 0.4) is 0 Å². The van der Waals surface area contributed by atoms with E-state index in [2.05, 4.69) is 15.7 Å². The minimum Gasteiger partial charge on any atom is -0.493 e. The number of methoxy groups -OCH3 is 2. The van der Waals surface area contributed by atoms with Crippen molar-refractivity contribution < 1.29 is 14.3 Å². The summed E-state index contributed by atoms with van der Waals surface area (Å²) in [5, 5.41) is 10.00. The number of nitrogens with zero attached hydrogens (tertiary/aromatic N) is 2. The zero-order valence-electron chi connectivity index (χ0n) is 14.2. The number of carbonyl (C=O) groups is 1. The molecule has 0 saturated heterocycles. The monoisotopic (exact) mass is 340 g/mol. The third-order valence-electron chi connectivity index (χ3n) is 3.75. The number of urea groups is 1. The molecule has 0 fully saturated rings. The number of hydrogen-bond acceptors (Lipinski definition) is 4. The van der Waals surface area contributed by atoms with Gasteiger partial charge in [-0.25, -0.2) is 9.31 Å². The van der Waals surface area contributed by atoms with E-state index in [0.717, 1.165) is 16.8 Å². The first-order chi connectivity index (χ1) is 12.2. The fraction of sp³-hybridized carbons (Fsp3) is 0.222. The molecule has 25 heavy (non-hydrogen) atoms. The maximum atomic E-state index is 12.0. The Morgan fingerprint density at radius 2 is 1.84 bits per heavy atom. The van der Waals surface area contributed by atoms with Crippen molar-refractivity contribution in [2.45, 2.75) is 13.1 Å². The molecule has 0 saturated carbocycles. The van der Waals surface area contributed by atoms with Gasteiger partial charge < -0.3 is 20.1 Å². The highest BCUT2D eigenvalue weighted by Gasteiger charge is 2.07. The highest BCUT2D eigenvalue weighted by Crippen LogP contribution is 2.27. The van der Waals surface area contributed by atoms with Crippen LogP contribution in [-0.2, 0) is 13.1 Å². The van der Waals surface area contributed by atoms with Crippen molar-refractivity contribution in [1.82, 2.24) is 20.2 Å². The molecule has 1 aromatic carbocycles. The minimum atomic E-state index is -0.258. The number of fused-ring (bicyclic) bond motifs is 1. The zero-order chi connectivity index (χ0) is 17.6. The SMILES string of the molecule is COc1ccc(CNC(=O)NCc2cc3ccccn3n2)cc1OC. The molecule has 2 amide bonds. The molecule has 7 heteroatoms.